The van der Waals surface area contributed by atoms with Crippen LogP contribution < -0.4 is 21.3 Å². The Morgan fingerprint density at radius 1 is 1.12 bits per heavy atom. The Kier molecular flexibility index (Phi) is 11.9. The van der Waals surface area contributed by atoms with Crippen LogP contribution in [0.4, 0.5) is 0 Å². The molecule has 4 heterocycles. The highest BCUT2D eigenvalue weighted by Gasteiger charge is 2.41. The van der Waals surface area contributed by atoms with Gasteiger partial charge in [-0.15, -0.1) is 0 Å². The number of hydrogen-bond donors (Lipinski definition) is 5. The normalized spacial score (nSPS) is 35.5. The maximum absolute atomic E-state index is 13.0. The lowest BCUT2D eigenvalue weighted by atomic mass is 9.68. The minimum absolute atomic E-state index is 0.0513. The molecular formula is C31H56N6O5. The first kappa shape index (κ1) is 32.1. The van der Waals surface area contributed by atoms with Crippen LogP contribution in [0.5, 0.6) is 0 Å². The van der Waals surface area contributed by atoms with Crippen molar-refractivity contribution >= 4 is 11.8 Å². The highest BCUT2D eigenvalue weighted by Crippen LogP contribution is 2.41. The van der Waals surface area contributed by atoms with Crippen LogP contribution in [0.1, 0.15) is 65.2 Å². The van der Waals surface area contributed by atoms with Crippen LogP contribution in [-0.2, 0) is 19.1 Å². The quantitative estimate of drug-likeness (QED) is 0.233. The third-order valence-corrected chi connectivity index (χ3v) is 10.6. The molecule has 4 aliphatic heterocycles. The predicted octanol–water partition coefficient (Wildman–Crippen LogP) is 0.479. The van der Waals surface area contributed by atoms with Crippen molar-refractivity contribution in [1.29, 1.82) is 0 Å². The molecule has 0 aromatic carbocycles. The van der Waals surface area contributed by atoms with Gasteiger partial charge in [-0.2, -0.15) is 0 Å². The van der Waals surface area contributed by atoms with Crippen LogP contribution in [0.15, 0.2) is 0 Å². The molecule has 7 unspecified atom stereocenters. The molecule has 0 aromatic rings. The van der Waals surface area contributed by atoms with Crippen LogP contribution in [0.2, 0.25) is 0 Å². The van der Waals surface area contributed by atoms with Gasteiger partial charge < -0.3 is 35.0 Å². The molecule has 1 aliphatic carbocycles. The number of carbonyl (C=O) groups excluding carboxylic acids is 2. The number of rotatable bonds is 11. The average molecular weight is 593 g/mol. The topological polar surface area (TPSA) is 127 Å². The molecular weight excluding hydrogens is 536 g/mol. The molecule has 11 heteroatoms. The molecule has 0 bridgehead atoms. The molecule has 42 heavy (non-hydrogen) atoms. The second-order valence-corrected chi connectivity index (χ2v) is 13.5. The summed E-state index contributed by atoms with van der Waals surface area (Å²) in [5.74, 6) is 2.11. The van der Waals surface area contributed by atoms with E-state index in [1.807, 2.05) is 11.8 Å². The number of ether oxygens (including phenoxy) is 2. The van der Waals surface area contributed by atoms with E-state index in [1.165, 1.54) is 6.42 Å². The van der Waals surface area contributed by atoms with E-state index < -0.39 is 6.10 Å². The van der Waals surface area contributed by atoms with Crippen molar-refractivity contribution in [3.63, 3.8) is 0 Å². The van der Waals surface area contributed by atoms with Gasteiger partial charge in [0.2, 0.25) is 11.8 Å². The van der Waals surface area contributed by atoms with Gasteiger partial charge in [0, 0.05) is 57.6 Å². The number of hydrogen-bond acceptors (Lipinski definition) is 9. The number of fused-ring (bicyclic) bond motifs is 1. The molecule has 4 saturated heterocycles. The summed E-state index contributed by atoms with van der Waals surface area (Å²) in [7, 11) is 0. The van der Waals surface area contributed by atoms with Gasteiger partial charge in [-0.05, 0) is 75.8 Å². The highest BCUT2D eigenvalue weighted by atomic mass is 16.5. The Labute approximate surface area is 252 Å². The number of nitrogens with one attached hydrogen (secondary N) is 4. The minimum atomic E-state index is -0.561. The zero-order valence-corrected chi connectivity index (χ0v) is 25.9. The average Bonchev–Trinajstić information content (AvgIpc) is 3.53. The van der Waals surface area contributed by atoms with Crippen LogP contribution in [-0.4, -0.2) is 123 Å². The molecule has 8 atom stereocenters. The van der Waals surface area contributed by atoms with Crippen molar-refractivity contribution < 1.29 is 24.2 Å². The summed E-state index contributed by atoms with van der Waals surface area (Å²) >= 11 is 0. The van der Waals surface area contributed by atoms with E-state index in [0.29, 0.717) is 62.7 Å². The Hall–Kier alpha value is -1.34. The van der Waals surface area contributed by atoms with E-state index in [1.54, 1.807) is 0 Å². The number of β-amino-alcohol motifs (C(OH)–C–C–N with tert-alkyl or cyclic N) is 1. The van der Waals surface area contributed by atoms with E-state index in [9.17, 15) is 14.7 Å². The summed E-state index contributed by atoms with van der Waals surface area (Å²) in [6, 6.07) is 0.366. The number of nitrogens with zero attached hydrogens (tertiary/aromatic N) is 2. The van der Waals surface area contributed by atoms with E-state index >= 15 is 0 Å². The third-order valence-electron chi connectivity index (χ3n) is 10.6. The Morgan fingerprint density at radius 3 is 2.71 bits per heavy atom. The standard InChI is InChI=1S/C31H56N6O5/c1-3-30(39)37-12-7-24(8-13-37)35-29-14-22(6-10-33-29)31(40)34-15-25(38)18-36-11-9-27-21(2)28(5-4-23(27)17-36)41-19-26-16-32-20-42-26/h21-29,32-33,35,38H,3-20H2,1-2H3,(H,34,40)/t21?,22?,23?,25-,26?,27?,28?,29?/m0/s1. The van der Waals surface area contributed by atoms with E-state index in [2.05, 4.69) is 33.1 Å². The monoisotopic (exact) mass is 592 g/mol. The largest absolute Gasteiger partial charge is 0.390 e. The molecule has 0 spiro atoms. The first-order valence-corrected chi connectivity index (χ1v) is 16.8. The van der Waals surface area contributed by atoms with E-state index in [0.717, 1.165) is 77.8 Å². The summed E-state index contributed by atoms with van der Waals surface area (Å²) in [6.07, 6.45) is 7.48. The van der Waals surface area contributed by atoms with Crippen molar-refractivity contribution in [2.75, 3.05) is 65.7 Å². The third kappa shape index (κ3) is 8.64. The van der Waals surface area contributed by atoms with Gasteiger partial charge in [0.25, 0.3) is 0 Å². The van der Waals surface area contributed by atoms with Crippen LogP contribution in [0.3, 0.4) is 0 Å². The number of likely N-dealkylation sites (tertiary alicyclic amines) is 2. The first-order chi connectivity index (χ1) is 20.4. The summed E-state index contributed by atoms with van der Waals surface area (Å²) in [6.45, 7) is 11.8. The van der Waals surface area contributed by atoms with Crippen molar-refractivity contribution in [3.05, 3.63) is 0 Å². The van der Waals surface area contributed by atoms with Crippen molar-refractivity contribution in [2.45, 2.75) is 95.7 Å². The smallest absolute Gasteiger partial charge is 0.223 e. The van der Waals surface area contributed by atoms with Crippen molar-refractivity contribution in [1.82, 2.24) is 31.1 Å². The summed E-state index contributed by atoms with van der Waals surface area (Å²) in [5.41, 5.74) is 0. The van der Waals surface area contributed by atoms with E-state index in [4.69, 9.17) is 9.47 Å². The fourth-order valence-electron chi connectivity index (χ4n) is 8.05. The summed E-state index contributed by atoms with van der Waals surface area (Å²) in [5, 5.41) is 24.3. The maximum Gasteiger partial charge on any atom is 0.223 e. The van der Waals surface area contributed by atoms with Crippen LogP contribution in [0.25, 0.3) is 0 Å². The van der Waals surface area contributed by atoms with Gasteiger partial charge in [0.1, 0.15) is 0 Å². The first-order valence-electron chi connectivity index (χ1n) is 16.8. The van der Waals surface area contributed by atoms with Gasteiger partial charge in [0.05, 0.1) is 37.8 Å². The van der Waals surface area contributed by atoms with Gasteiger partial charge in [-0.3, -0.25) is 20.2 Å². The molecule has 1 saturated carbocycles. The lowest BCUT2D eigenvalue weighted by Gasteiger charge is -2.47. The fraction of sp³-hybridized carbons (Fsp3) is 0.935. The number of aliphatic hydroxyl groups is 1. The van der Waals surface area contributed by atoms with Crippen LogP contribution >= 0.6 is 0 Å². The van der Waals surface area contributed by atoms with Crippen molar-refractivity contribution in [2.24, 2.45) is 23.7 Å². The molecule has 0 aromatic heterocycles. The molecule has 5 fully saturated rings. The minimum Gasteiger partial charge on any atom is -0.390 e. The maximum atomic E-state index is 13.0. The molecule has 2 amide bonds. The number of aliphatic hydroxyl groups excluding tert-OH is 1. The fourth-order valence-corrected chi connectivity index (χ4v) is 8.05. The molecule has 5 rings (SSSR count). The number of amides is 2. The number of piperidine rings is 3. The van der Waals surface area contributed by atoms with Gasteiger partial charge >= 0.3 is 0 Å². The van der Waals surface area contributed by atoms with Gasteiger partial charge in [0.15, 0.2) is 0 Å². The second kappa shape index (κ2) is 15.6. The Bertz CT molecular complexity index is 867. The van der Waals surface area contributed by atoms with Crippen molar-refractivity contribution in [3.8, 4) is 0 Å². The molecule has 5 aliphatic rings. The Morgan fingerprint density at radius 2 is 1.95 bits per heavy atom. The SMILES string of the molecule is CCC(=O)N1CCC(NC2CC(C(=O)NC[C@H](O)CN3CCC4C(CCC(OCC5CNCO5)C4C)C3)CCN2)CC1. The number of carbonyl (C=O) groups is 2. The molecule has 11 nitrogen and oxygen atoms in total. The lowest BCUT2D eigenvalue weighted by molar-refractivity contribution is -0.132. The van der Waals surface area contributed by atoms with Gasteiger partial charge in [-0.25, -0.2) is 0 Å². The molecule has 0 radical (unpaired) electrons. The Balaban J connectivity index is 0.973. The highest BCUT2D eigenvalue weighted by molar-refractivity contribution is 5.78. The zero-order chi connectivity index (χ0) is 29.5. The zero-order valence-electron chi connectivity index (χ0n) is 25.9. The summed E-state index contributed by atoms with van der Waals surface area (Å²) in [4.78, 5) is 29.3. The van der Waals surface area contributed by atoms with Crippen LogP contribution in [0, 0.1) is 23.7 Å². The summed E-state index contributed by atoms with van der Waals surface area (Å²) < 4.78 is 11.9. The second-order valence-electron chi connectivity index (χ2n) is 13.5. The molecule has 240 valence electrons. The predicted molar refractivity (Wildman–Crippen MR) is 160 cm³/mol. The molecule has 5 N–H and O–H groups in total. The van der Waals surface area contributed by atoms with E-state index in [-0.39, 0.29) is 30.0 Å². The van der Waals surface area contributed by atoms with Gasteiger partial charge in [-0.1, -0.05) is 13.8 Å². The lowest BCUT2D eigenvalue weighted by Crippen LogP contribution is -2.56.